The van der Waals surface area contributed by atoms with Gasteiger partial charge in [0.2, 0.25) is 0 Å². The average molecular weight is 312 g/mol. The third-order valence-corrected chi connectivity index (χ3v) is 2.45. The number of hydrogen-bond acceptors (Lipinski definition) is 3. The number of benzene rings is 1. The molecule has 0 atom stereocenters. The van der Waals surface area contributed by atoms with Crippen molar-refractivity contribution in [2.75, 3.05) is 5.33 Å². The lowest BCUT2D eigenvalue weighted by atomic mass is 10.0. The van der Waals surface area contributed by atoms with Crippen LogP contribution < -0.4 is 0 Å². The van der Waals surface area contributed by atoms with Gasteiger partial charge < -0.3 is 0 Å². The van der Waals surface area contributed by atoms with Crippen LogP contribution in [0.5, 0.6) is 0 Å². The van der Waals surface area contributed by atoms with Crippen LogP contribution in [-0.2, 0) is 6.18 Å². The minimum Gasteiger partial charge on any atom is -0.293 e. The molecule has 0 N–H and O–H groups in total. The van der Waals surface area contributed by atoms with Crippen LogP contribution in [0.15, 0.2) is 18.2 Å². The molecular formula is C9H5BrF3NO3. The van der Waals surface area contributed by atoms with E-state index in [1.54, 1.807) is 0 Å². The fourth-order valence-electron chi connectivity index (χ4n) is 1.20. The zero-order chi connectivity index (χ0) is 13.2. The zero-order valence-electron chi connectivity index (χ0n) is 8.12. The van der Waals surface area contributed by atoms with Gasteiger partial charge in [-0.2, -0.15) is 13.2 Å². The molecule has 0 amide bonds. The molecule has 0 aliphatic rings. The van der Waals surface area contributed by atoms with Crippen molar-refractivity contribution in [3.8, 4) is 0 Å². The van der Waals surface area contributed by atoms with Crippen molar-refractivity contribution in [3.63, 3.8) is 0 Å². The third kappa shape index (κ3) is 3.02. The summed E-state index contributed by atoms with van der Waals surface area (Å²) in [5, 5.41) is 10.1. The van der Waals surface area contributed by atoms with E-state index in [-0.39, 0.29) is 5.33 Å². The minimum absolute atomic E-state index is 0.336. The maximum atomic E-state index is 12.5. The van der Waals surface area contributed by atoms with Crippen LogP contribution in [0.2, 0.25) is 0 Å². The molecule has 1 aromatic rings. The molecule has 0 aliphatic carbocycles. The van der Waals surface area contributed by atoms with E-state index < -0.39 is 33.7 Å². The number of nitrogens with zero attached hydrogens (tertiary/aromatic N) is 1. The molecule has 0 fully saturated rings. The van der Waals surface area contributed by atoms with Crippen molar-refractivity contribution in [2.45, 2.75) is 6.18 Å². The normalized spacial score (nSPS) is 11.3. The number of nitro groups is 1. The molecule has 0 saturated heterocycles. The SMILES string of the molecule is O=C(CBr)c1cc([N+](=O)[O-])ccc1C(F)(F)F. The Labute approximate surface area is 102 Å². The molecule has 0 aromatic heterocycles. The van der Waals surface area contributed by atoms with Crippen LogP contribution in [0.1, 0.15) is 15.9 Å². The predicted octanol–water partition coefficient (Wildman–Crippen LogP) is 3.19. The Morgan fingerprint density at radius 3 is 2.41 bits per heavy atom. The van der Waals surface area contributed by atoms with Crippen LogP contribution in [0.3, 0.4) is 0 Å². The number of rotatable bonds is 3. The Kier molecular flexibility index (Phi) is 3.87. The number of nitro benzene ring substituents is 1. The van der Waals surface area contributed by atoms with Gasteiger partial charge in [-0.25, -0.2) is 0 Å². The minimum atomic E-state index is -4.72. The van der Waals surface area contributed by atoms with Gasteiger partial charge in [0, 0.05) is 17.7 Å². The van der Waals surface area contributed by atoms with Crippen molar-refractivity contribution in [1.29, 1.82) is 0 Å². The third-order valence-electron chi connectivity index (χ3n) is 1.94. The molecular weight excluding hydrogens is 307 g/mol. The summed E-state index contributed by atoms with van der Waals surface area (Å²) >= 11 is 2.73. The summed E-state index contributed by atoms with van der Waals surface area (Å²) in [6.07, 6.45) is -4.72. The van der Waals surface area contributed by atoms with E-state index in [1.165, 1.54) is 0 Å². The van der Waals surface area contributed by atoms with Crippen LogP contribution in [0.25, 0.3) is 0 Å². The number of carbonyl (C=O) groups excluding carboxylic acids is 1. The number of hydrogen-bond donors (Lipinski definition) is 0. The fourth-order valence-corrected chi connectivity index (χ4v) is 1.50. The lowest BCUT2D eigenvalue weighted by Crippen LogP contribution is -2.14. The van der Waals surface area contributed by atoms with E-state index in [2.05, 4.69) is 15.9 Å². The highest BCUT2D eigenvalue weighted by atomic mass is 79.9. The molecule has 17 heavy (non-hydrogen) atoms. The summed E-state index contributed by atoms with van der Waals surface area (Å²) in [6, 6.07) is 1.88. The van der Waals surface area contributed by atoms with Gasteiger partial charge >= 0.3 is 6.18 Å². The van der Waals surface area contributed by atoms with Crippen LogP contribution >= 0.6 is 15.9 Å². The second-order valence-corrected chi connectivity index (χ2v) is 3.60. The molecule has 0 aliphatic heterocycles. The summed E-state index contributed by atoms with van der Waals surface area (Å²) in [7, 11) is 0. The van der Waals surface area contributed by atoms with Gasteiger partial charge in [0.1, 0.15) is 0 Å². The van der Waals surface area contributed by atoms with Gasteiger partial charge in [-0.05, 0) is 6.07 Å². The van der Waals surface area contributed by atoms with E-state index in [1.807, 2.05) is 0 Å². The summed E-state index contributed by atoms with van der Waals surface area (Å²) in [6.45, 7) is 0. The molecule has 92 valence electrons. The Morgan fingerprint density at radius 1 is 1.41 bits per heavy atom. The van der Waals surface area contributed by atoms with Crippen molar-refractivity contribution < 1.29 is 22.9 Å². The first-order chi connectivity index (χ1) is 7.77. The average Bonchev–Trinajstić information content (AvgIpc) is 2.25. The maximum absolute atomic E-state index is 12.5. The number of alkyl halides is 4. The number of carbonyl (C=O) groups is 1. The van der Waals surface area contributed by atoms with Gasteiger partial charge in [0.25, 0.3) is 5.69 Å². The summed E-state index contributed by atoms with van der Waals surface area (Å²) in [5.74, 6) is -0.860. The van der Waals surface area contributed by atoms with Crippen LogP contribution in [0.4, 0.5) is 18.9 Å². The molecule has 1 aromatic carbocycles. The van der Waals surface area contributed by atoms with Gasteiger partial charge in [-0.3, -0.25) is 14.9 Å². The molecule has 0 saturated carbocycles. The Bertz CT molecular complexity index is 473. The van der Waals surface area contributed by atoms with Crippen molar-refractivity contribution in [1.82, 2.24) is 0 Å². The van der Waals surface area contributed by atoms with Gasteiger partial charge in [-0.1, -0.05) is 15.9 Å². The van der Waals surface area contributed by atoms with Crippen LogP contribution in [0, 0.1) is 10.1 Å². The van der Waals surface area contributed by atoms with Gasteiger partial charge in [0.15, 0.2) is 5.78 Å². The number of halogens is 4. The molecule has 0 spiro atoms. The zero-order valence-corrected chi connectivity index (χ0v) is 9.71. The summed E-state index contributed by atoms with van der Waals surface area (Å²) < 4.78 is 37.6. The summed E-state index contributed by atoms with van der Waals surface area (Å²) in [4.78, 5) is 20.9. The van der Waals surface area contributed by atoms with Crippen molar-refractivity contribution in [2.24, 2.45) is 0 Å². The van der Waals surface area contributed by atoms with Gasteiger partial charge in [0.05, 0.1) is 15.8 Å². The van der Waals surface area contributed by atoms with E-state index in [4.69, 9.17) is 0 Å². The second-order valence-electron chi connectivity index (χ2n) is 3.04. The number of ketones is 1. The Balaban J connectivity index is 3.42. The van der Waals surface area contributed by atoms with Gasteiger partial charge in [-0.15, -0.1) is 0 Å². The first-order valence-corrected chi connectivity index (χ1v) is 5.34. The molecule has 0 bridgehead atoms. The topological polar surface area (TPSA) is 60.2 Å². The first kappa shape index (κ1) is 13.6. The molecule has 0 unspecified atom stereocenters. The second kappa shape index (κ2) is 4.82. The Hall–Kier alpha value is -1.44. The highest BCUT2D eigenvalue weighted by Gasteiger charge is 2.35. The first-order valence-electron chi connectivity index (χ1n) is 4.22. The largest absolute Gasteiger partial charge is 0.417 e. The van der Waals surface area contributed by atoms with E-state index in [0.717, 1.165) is 0 Å². The van der Waals surface area contributed by atoms with Crippen LogP contribution in [-0.4, -0.2) is 16.0 Å². The quantitative estimate of drug-likeness (QED) is 0.373. The number of Topliss-reactive ketones (excluding diaryl/α,β-unsaturated/α-hetero) is 1. The molecule has 0 heterocycles. The highest BCUT2D eigenvalue weighted by molar-refractivity contribution is 9.09. The number of non-ortho nitro benzene ring substituents is 1. The van der Waals surface area contributed by atoms with Crippen molar-refractivity contribution in [3.05, 3.63) is 39.4 Å². The Morgan fingerprint density at radius 2 is 2.00 bits per heavy atom. The predicted molar refractivity (Wildman–Crippen MR) is 56.2 cm³/mol. The molecule has 1 rings (SSSR count). The fraction of sp³-hybridized carbons (Fsp3) is 0.222. The lowest BCUT2D eigenvalue weighted by Gasteiger charge is -2.10. The molecule has 0 radical (unpaired) electrons. The summed E-state index contributed by atoms with van der Waals surface area (Å²) in [5.41, 5.74) is -2.43. The highest BCUT2D eigenvalue weighted by Crippen LogP contribution is 2.34. The lowest BCUT2D eigenvalue weighted by molar-refractivity contribution is -0.384. The molecule has 8 heteroatoms. The van der Waals surface area contributed by atoms with E-state index in [9.17, 15) is 28.1 Å². The monoisotopic (exact) mass is 311 g/mol. The van der Waals surface area contributed by atoms with Crippen molar-refractivity contribution >= 4 is 27.4 Å². The van der Waals surface area contributed by atoms with E-state index >= 15 is 0 Å². The smallest absolute Gasteiger partial charge is 0.293 e. The standard InChI is InChI=1S/C9H5BrF3NO3/c10-4-8(15)6-3-5(14(16)17)1-2-7(6)9(11,12)13/h1-3H,4H2. The molecule has 4 nitrogen and oxygen atoms in total. The maximum Gasteiger partial charge on any atom is 0.417 e. The van der Waals surface area contributed by atoms with E-state index in [0.29, 0.717) is 18.2 Å².